The van der Waals surface area contributed by atoms with Crippen LogP contribution in [0.5, 0.6) is 0 Å². The molecule has 31 heavy (non-hydrogen) atoms. The van der Waals surface area contributed by atoms with Crippen LogP contribution in [0.25, 0.3) is 10.1 Å². The number of nitrogens with zero attached hydrogens (tertiary/aromatic N) is 2. The number of benzene rings is 1. The van der Waals surface area contributed by atoms with Gasteiger partial charge in [0.05, 0.1) is 18.0 Å². The summed E-state index contributed by atoms with van der Waals surface area (Å²) in [4.78, 5) is 25.1. The summed E-state index contributed by atoms with van der Waals surface area (Å²) in [6.07, 6.45) is 1.23. The molecule has 0 fully saturated rings. The van der Waals surface area contributed by atoms with E-state index in [0.29, 0.717) is 4.70 Å². The van der Waals surface area contributed by atoms with E-state index in [9.17, 15) is 22.4 Å². The van der Waals surface area contributed by atoms with Gasteiger partial charge in [-0.05, 0) is 25.1 Å². The summed E-state index contributed by atoms with van der Waals surface area (Å²) >= 11 is 1.08. The van der Waals surface area contributed by atoms with E-state index in [1.807, 2.05) is 0 Å². The second-order valence-electron chi connectivity index (χ2n) is 6.66. The van der Waals surface area contributed by atoms with Gasteiger partial charge in [0.15, 0.2) is 0 Å². The fourth-order valence-electron chi connectivity index (χ4n) is 3.35. The number of esters is 1. The van der Waals surface area contributed by atoms with Gasteiger partial charge in [0.2, 0.25) is 10.0 Å². The molecule has 0 atom stereocenters. The first kappa shape index (κ1) is 23.1. The van der Waals surface area contributed by atoms with Gasteiger partial charge in [-0.15, -0.1) is 11.3 Å². The molecule has 0 radical (unpaired) electrons. The van der Waals surface area contributed by atoms with Crippen molar-refractivity contribution in [3.05, 3.63) is 63.1 Å². The Morgan fingerprint density at radius 2 is 1.87 bits per heavy atom. The zero-order valence-electron chi connectivity index (χ0n) is 17.4. The van der Waals surface area contributed by atoms with Crippen LogP contribution < -0.4 is 5.56 Å². The Bertz CT molecular complexity index is 1280. The van der Waals surface area contributed by atoms with Crippen molar-refractivity contribution in [1.29, 1.82) is 0 Å². The molecule has 10 heteroatoms. The molecule has 3 rings (SSSR count). The molecule has 7 nitrogen and oxygen atoms in total. The minimum atomic E-state index is -3.79. The first-order valence-corrected chi connectivity index (χ1v) is 12.1. The Balaban J connectivity index is 2.16. The first-order valence-electron chi connectivity index (χ1n) is 9.82. The highest BCUT2D eigenvalue weighted by Gasteiger charge is 2.25. The van der Waals surface area contributed by atoms with E-state index < -0.39 is 27.4 Å². The quantitative estimate of drug-likeness (QED) is 0.475. The van der Waals surface area contributed by atoms with Gasteiger partial charge in [-0.1, -0.05) is 19.9 Å². The highest BCUT2D eigenvalue weighted by Crippen LogP contribution is 2.34. The van der Waals surface area contributed by atoms with Crippen molar-refractivity contribution in [3.63, 3.8) is 0 Å². The van der Waals surface area contributed by atoms with Gasteiger partial charge in [-0.3, -0.25) is 4.79 Å². The van der Waals surface area contributed by atoms with Crippen LogP contribution in [0.4, 0.5) is 4.39 Å². The molecule has 0 aliphatic carbocycles. The third kappa shape index (κ3) is 4.41. The lowest BCUT2D eigenvalue weighted by molar-refractivity contribution is 0.0531. The van der Waals surface area contributed by atoms with E-state index in [4.69, 9.17) is 4.74 Å². The Hall–Kier alpha value is -2.56. The van der Waals surface area contributed by atoms with Crippen molar-refractivity contribution >= 4 is 37.4 Å². The van der Waals surface area contributed by atoms with E-state index in [1.165, 1.54) is 33.3 Å². The molecule has 1 aromatic carbocycles. The molecular weight excluding hydrogens is 443 g/mol. The van der Waals surface area contributed by atoms with Gasteiger partial charge in [0, 0.05) is 41.0 Å². The van der Waals surface area contributed by atoms with Crippen molar-refractivity contribution in [2.24, 2.45) is 0 Å². The molecule has 0 bridgehead atoms. The van der Waals surface area contributed by atoms with Crippen LogP contribution in [0.2, 0.25) is 0 Å². The number of hydrogen-bond donors (Lipinski definition) is 0. The lowest BCUT2D eigenvalue weighted by Gasteiger charge is -2.19. The number of halogens is 1. The predicted octanol–water partition coefficient (Wildman–Crippen LogP) is 3.46. The Morgan fingerprint density at radius 1 is 1.16 bits per heavy atom. The maximum atomic E-state index is 14.6. The number of aromatic nitrogens is 1. The zero-order valence-corrected chi connectivity index (χ0v) is 19.1. The number of thiophene rings is 1. The van der Waals surface area contributed by atoms with E-state index in [2.05, 4.69) is 0 Å². The van der Waals surface area contributed by atoms with Crippen LogP contribution in [0.3, 0.4) is 0 Å². The van der Waals surface area contributed by atoms with Gasteiger partial charge < -0.3 is 9.30 Å². The van der Waals surface area contributed by atoms with Crippen LogP contribution in [0.1, 0.15) is 36.0 Å². The molecule has 0 saturated carbocycles. The van der Waals surface area contributed by atoms with Gasteiger partial charge in [0.1, 0.15) is 10.7 Å². The average Bonchev–Trinajstić information content (AvgIpc) is 3.10. The smallest absolute Gasteiger partial charge is 0.348 e. The summed E-state index contributed by atoms with van der Waals surface area (Å²) < 4.78 is 48.5. The number of ether oxygens (including phenoxy) is 1. The molecule has 0 aliphatic heterocycles. The van der Waals surface area contributed by atoms with E-state index in [1.54, 1.807) is 26.8 Å². The zero-order chi connectivity index (χ0) is 22.8. The Morgan fingerprint density at radius 3 is 2.52 bits per heavy atom. The highest BCUT2D eigenvalue weighted by atomic mass is 32.2. The summed E-state index contributed by atoms with van der Waals surface area (Å²) in [5.41, 5.74) is -0.181. The van der Waals surface area contributed by atoms with Crippen LogP contribution in [-0.4, -0.2) is 43.0 Å². The Labute approximate surface area is 183 Å². The predicted molar refractivity (Wildman–Crippen MR) is 118 cm³/mol. The number of sulfonamides is 1. The standard InChI is InChI=1S/C21H23FN2O5S2/c1-4-24(5-2)31(27,28)14-10-11-18(25)23(12-14)13-15-19-16(22)8-7-9-17(19)30-20(15)21(26)29-6-3/h7-12H,4-6,13H2,1-3H3. The van der Waals surface area contributed by atoms with Gasteiger partial charge in [0.25, 0.3) is 5.56 Å². The molecule has 2 heterocycles. The van der Waals surface area contributed by atoms with Gasteiger partial charge >= 0.3 is 5.97 Å². The van der Waals surface area contributed by atoms with Gasteiger partial charge in [-0.2, -0.15) is 4.31 Å². The lowest BCUT2D eigenvalue weighted by atomic mass is 10.1. The van der Waals surface area contributed by atoms with Crippen molar-refractivity contribution in [1.82, 2.24) is 8.87 Å². The fraction of sp³-hybridized carbons (Fsp3) is 0.333. The summed E-state index contributed by atoms with van der Waals surface area (Å²) in [7, 11) is -3.79. The second-order valence-corrected chi connectivity index (χ2v) is 9.65. The molecule has 0 spiro atoms. The molecular formula is C21H23FN2O5S2. The molecule has 3 aromatic rings. The third-order valence-corrected chi connectivity index (χ3v) is 8.06. The SMILES string of the molecule is CCOC(=O)c1sc2cccc(F)c2c1Cn1cc(S(=O)(=O)N(CC)CC)ccc1=O. The lowest BCUT2D eigenvalue weighted by Crippen LogP contribution is -2.32. The topological polar surface area (TPSA) is 85.7 Å². The number of carbonyl (C=O) groups is 1. The molecule has 0 unspecified atom stereocenters. The van der Waals surface area contributed by atoms with Crippen LogP contribution in [0.15, 0.2) is 46.2 Å². The van der Waals surface area contributed by atoms with Gasteiger partial charge in [-0.25, -0.2) is 17.6 Å². The molecule has 0 aliphatic rings. The summed E-state index contributed by atoms with van der Waals surface area (Å²) in [5, 5.41) is 0.222. The maximum absolute atomic E-state index is 14.6. The van der Waals surface area contributed by atoms with Crippen molar-refractivity contribution in [3.8, 4) is 0 Å². The second kappa shape index (κ2) is 9.29. The van der Waals surface area contributed by atoms with Crippen LogP contribution >= 0.6 is 11.3 Å². The van der Waals surface area contributed by atoms with E-state index in [0.717, 1.165) is 17.4 Å². The molecule has 0 N–H and O–H groups in total. The van der Waals surface area contributed by atoms with E-state index in [-0.39, 0.29) is 47.0 Å². The minimum Gasteiger partial charge on any atom is -0.462 e. The molecule has 166 valence electrons. The van der Waals surface area contributed by atoms with Crippen molar-refractivity contribution < 1.29 is 22.3 Å². The summed E-state index contributed by atoms with van der Waals surface area (Å²) in [5.74, 6) is -1.14. The third-order valence-electron chi connectivity index (χ3n) is 4.85. The maximum Gasteiger partial charge on any atom is 0.348 e. The average molecular weight is 467 g/mol. The molecule has 2 aromatic heterocycles. The highest BCUT2D eigenvalue weighted by molar-refractivity contribution is 7.89. The monoisotopic (exact) mass is 466 g/mol. The largest absolute Gasteiger partial charge is 0.462 e. The summed E-state index contributed by atoms with van der Waals surface area (Å²) in [6, 6.07) is 6.91. The number of hydrogen-bond acceptors (Lipinski definition) is 6. The molecule has 0 saturated heterocycles. The van der Waals surface area contributed by atoms with Crippen LogP contribution in [-0.2, 0) is 21.3 Å². The normalized spacial score (nSPS) is 11.9. The summed E-state index contributed by atoms with van der Waals surface area (Å²) in [6.45, 7) is 5.65. The number of carbonyl (C=O) groups excluding carboxylic acids is 1. The van der Waals surface area contributed by atoms with Crippen LogP contribution in [0, 0.1) is 5.82 Å². The Kier molecular flexibility index (Phi) is 6.93. The minimum absolute atomic E-state index is 0.0477. The number of rotatable bonds is 8. The fourth-order valence-corrected chi connectivity index (χ4v) is 5.95. The first-order chi connectivity index (χ1) is 14.7. The number of pyridine rings is 1. The van der Waals surface area contributed by atoms with Crippen molar-refractivity contribution in [2.75, 3.05) is 19.7 Å². The number of fused-ring (bicyclic) bond motifs is 1. The van der Waals surface area contributed by atoms with Crippen molar-refractivity contribution in [2.45, 2.75) is 32.2 Å². The van der Waals surface area contributed by atoms with E-state index >= 15 is 0 Å². The molecule has 0 amide bonds.